The second-order valence-corrected chi connectivity index (χ2v) is 4.69. The van der Waals surface area contributed by atoms with Gasteiger partial charge < -0.3 is 5.11 Å². The predicted octanol–water partition coefficient (Wildman–Crippen LogP) is 3.59. The smallest absolute Gasteiger partial charge is 0.337 e. The summed E-state index contributed by atoms with van der Waals surface area (Å²) < 4.78 is 0.994. The molecular weight excluding hydrogens is 308 g/mol. The number of hydrogen-bond donors (Lipinski definition) is 2. The third-order valence-electron chi connectivity index (χ3n) is 2.43. The Hall–Kier alpha value is -2.14. The first-order chi connectivity index (χ1) is 9.16. The number of hydrazone groups is 1. The van der Waals surface area contributed by atoms with Gasteiger partial charge in [-0.15, -0.1) is 0 Å². The number of para-hydroxylation sites is 1. The summed E-state index contributed by atoms with van der Waals surface area (Å²) in [6, 6.07) is 14.2. The fraction of sp³-hybridized carbons (Fsp3) is 0. The molecule has 0 aliphatic rings. The van der Waals surface area contributed by atoms with E-state index in [4.69, 9.17) is 5.11 Å². The van der Waals surface area contributed by atoms with Gasteiger partial charge >= 0.3 is 5.97 Å². The zero-order valence-corrected chi connectivity index (χ0v) is 11.5. The fourth-order valence-corrected chi connectivity index (χ4v) is 1.76. The van der Waals surface area contributed by atoms with Crippen molar-refractivity contribution in [2.24, 2.45) is 5.10 Å². The highest BCUT2D eigenvalue weighted by atomic mass is 79.9. The lowest BCUT2D eigenvalue weighted by Gasteiger charge is -2.04. The molecule has 0 radical (unpaired) electrons. The zero-order chi connectivity index (χ0) is 13.7. The van der Waals surface area contributed by atoms with Crippen LogP contribution in [0.1, 0.15) is 15.9 Å². The first kappa shape index (κ1) is 13.3. The minimum Gasteiger partial charge on any atom is -0.478 e. The van der Waals surface area contributed by atoms with Crippen LogP contribution in [0.15, 0.2) is 58.1 Å². The molecule has 96 valence electrons. The Bertz CT molecular complexity index is 609. The largest absolute Gasteiger partial charge is 0.478 e. The lowest BCUT2D eigenvalue weighted by Crippen LogP contribution is -2.02. The molecule has 0 aromatic heterocycles. The van der Waals surface area contributed by atoms with Crippen molar-refractivity contribution in [3.63, 3.8) is 0 Å². The van der Waals surface area contributed by atoms with Gasteiger partial charge in [-0.3, -0.25) is 5.43 Å². The van der Waals surface area contributed by atoms with Crippen LogP contribution < -0.4 is 5.43 Å². The molecule has 0 heterocycles. The molecule has 0 aliphatic heterocycles. The molecule has 0 saturated carbocycles. The number of carboxylic acids is 1. The Morgan fingerprint density at radius 1 is 1.16 bits per heavy atom. The van der Waals surface area contributed by atoms with Crippen LogP contribution in [0.5, 0.6) is 0 Å². The second-order valence-electron chi connectivity index (χ2n) is 3.77. The van der Waals surface area contributed by atoms with Crippen LogP contribution in [0.2, 0.25) is 0 Å². The molecule has 2 aromatic rings. The van der Waals surface area contributed by atoms with Crippen molar-refractivity contribution in [3.05, 3.63) is 64.1 Å². The highest BCUT2D eigenvalue weighted by Gasteiger charge is 2.07. The Morgan fingerprint density at radius 3 is 2.53 bits per heavy atom. The number of nitrogens with one attached hydrogen (secondary N) is 1. The molecule has 2 aromatic carbocycles. The standard InChI is InChI=1S/C14H11BrN2O2/c15-11-7-5-10(6-8-11)9-16-17-13-4-2-1-3-12(13)14(18)19/h1-9,17H,(H,18,19)/b16-9+. The van der Waals surface area contributed by atoms with Crippen LogP contribution in [0, 0.1) is 0 Å². The minimum absolute atomic E-state index is 0.190. The van der Waals surface area contributed by atoms with Gasteiger partial charge in [-0.05, 0) is 29.8 Å². The van der Waals surface area contributed by atoms with E-state index in [2.05, 4.69) is 26.5 Å². The quantitative estimate of drug-likeness (QED) is 0.669. The van der Waals surface area contributed by atoms with E-state index in [9.17, 15) is 4.79 Å². The average molecular weight is 319 g/mol. The molecule has 19 heavy (non-hydrogen) atoms. The normalized spacial score (nSPS) is 10.6. The summed E-state index contributed by atoms with van der Waals surface area (Å²) in [6.07, 6.45) is 1.63. The Morgan fingerprint density at radius 2 is 1.84 bits per heavy atom. The van der Waals surface area contributed by atoms with Crippen molar-refractivity contribution in [2.75, 3.05) is 5.43 Å². The van der Waals surface area contributed by atoms with Crippen molar-refractivity contribution in [1.82, 2.24) is 0 Å². The first-order valence-corrected chi connectivity index (χ1v) is 6.33. The van der Waals surface area contributed by atoms with E-state index in [0.29, 0.717) is 5.69 Å². The number of nitrogens with zero attached hydrogens (tertiary/aromatic N) is 1. The highest BCUT2D eigenvalue weighted by molar-refractivity contribution is 9.10. The van der Waals surface area contributed by atoms with E-state index >= 15 is 0 Å². The topological polar surface area (TPSA) is 61.7 Å². The minimum atomic E-state index is -0.984. The van der Waals surface area contributed by atoms with Crippen molar-refractivity contribution < 1.29 is 9.90 Å². The maximum atomic E-state index is 11.0. The second kappa shape index (κ2) is 6.15. The molecule has 0 fully saturated rings. The number of aromatic carboxylic acids is 1. The third kappa shape index (κ3) is 3.66. The van der Waals surface area contributed by atoms with Crippen molar-refractivity contribution in [1.29, 1.82) is 0 Å². The SMILES string of the molecule is O=C(O)c1ccccc1N/N=C/c1ccc(Br)cc1. The number of hydrogen-bond acceptors (Lipinski definition) is 3. The molecule has 2 N–H and O–H groups in total. The summed E-state index contributed by atoms with van der Waals surface area (Å²) >= 11 is 3.35. The maximum absolute atomic E-state index is 11.0. The van der Waals surface area contributed by atoms with E-state index in [1.54, 1.807) is 24.4 Å². The lowest BCUT2D eigenvalue weighted by atomic mass is 10.2. The molecule has 5 heteroatoms. The van der Waals surface area contributed by atoms with Crippen LogP contribution in [0.3, 0.4) is 0 Å². The van der Waals surface area contributed by atoms with Gasteiger partial charge in [-0.2, -0.15) is 5.10 Å². The number of rotatable bonds is 4. The van der Waals surface area contributed by atoms with Gasteiger partial charge in [0.15, 0.2) is 0 Å². The first-order valence-electron chi connectivity index (χ1n) is 5.54. The molecule has 0 bridgehead atoms. The van der Waals surface area contributed by atoms with Crippen LogP contribution in [0.4, 0.5) is 5.69 Å². The monoisotopic (exact) mass is 318 g/mol. The number of halogens is 1. The molecule has 2 rings (SSSR count). The number of anilines is 1. The average Bonchev–Trinajstić information content (AvgIpc) is 2.41. The molecular formula is C14H11BrN2O2. The van der Waals surface area contributed by atoms with Gasteiger partial charge in [-0.1, -0.05) is 40.2 Å². The van der Waals surface area contributed by atoms with E-state index in [1.807, 2.05) is 24.3 Å². The molecule has 0 atom stereocenters. The summed E-state index contributed by atoms with van der Waals surface area (Å²) in [7, 11) is 0. The van der Waals surface area contributed by atoms with Crippen LogP contribution in [-0.2, 0) is 0 Å². The van der Waals surface area contributed by atoms with Gasteiger partial charge in [0, 0.05) is 4.47 Å². The molecule has 0 unspecified atom stereocenters. The summed E-state index contributed by atoms with van der Waals surface area (Å²) in [6.45, 7) is 0. The maximum Gasteiger partial charge on any atom is 0.337 e. The van der Waals surface area contributed by atoms with Crippen molar-refractivity contribution in [2.45, 2.75) is 0 Å². The van der Waals surface area contributed by atoms with Gasteiger partial charge in [0.05, 0.1) is 17.5 Å². The van der Waals surface area contributed by atoms with E-state index < -0.39 is 5.97 Å². The number of benzene rings is 2. The van der Waals surface area contributed by atoms with Crippen LogP contribution in [0.25, 0.3) is 0 Å². The van der Waals surface area contributed by atoms with Gasteiger partial charge in [0.1, 0.15) is 0 Å². The highest BCUT2D eigenvalue weighted by Crippen LogP contribution is 2.14. The summed E-state index contributed by atoms with van der Waals surface area (Å²) in [5.41, 5.74) is 4.31. The lowest BCUT2D eigenvalue weighted by molar-refractivity contribution is 0.0698. The predicted molar refractivity (Wildman–Crippen MR) is 78.8 cm³/mol. The fourth-order valence-electron chi connectivity index (χ4n) is 1.49. The van der Waals surface area contributed by atoms with Crippen molar-refractivity contribution in [3.8, 4) is 0 Å². The van der Waals surface area contributed by atoms with E-state index in [0.717, 1.165) is 10.0 Å². The van der Waals surface area contributed by atoms with Crippen molar-refractivity contribution >= 4 is 33.8 Å². The third-order valence-corrected chi connectivity index (χ3v) is 2.95. The Kier molecular flexibility index (Phi) is 4.30. The Labute approximate surface area is 118 Å². The zero-order valence-electron chi connectivity index (χ0n) is 9.88. The van der Waals surface area contributed by atoms with Crippen LogP contribution in [-0.4, -0.2) is 17.3 Å². The van der Waals surface area contributed by atoms with Crippen LogP contribution >= 0.6 is 15.9 Å². The summed E-state index contributed by atoms with van der Waals surface area (Å²) in [5, 5.41) is 13.0. The summed E-state index contributed by atoms with van der Waals surface area (Å²) in [5.74, 6) is -0.984. The van der Waals surface area contributed by atoms with E-state index in [-0.39, 0.29) is 5.56 Å². The molecule has 0 saturated heterocycles. The van der Waals surface area contributed by atoms with E-state index in [1.165, 1.54) is 6.07 Å². The molecule has 0 spiro atoms. The summed E-state index contributed by atoms with van der Waals surface area (Å²) in [4.78, 5) is 11.0. The van der Waals surface area contributed by atoms with Gasteiger partial charge in [0.2, 0.25) is 0 Å². The Balaban J connectivity index is 2.10. The van der Waals surface area contributed by atoms with Gasteiger partial charge in [0.25, 0.3) is 0 Å². The van der Waals surface area contributed by atoms with Gasteiger partial charge in [-0.25, -0.2) is 4.79 Å². The number of carboxylic acid groups (broad SMARTS) is 1. The number of carbonyl (C=O) groups is 1. The molecule has 0 amide bonds. The molecule has 4 nitrogen and oxygen atoms in total. The molecule has 0 aliphatic carbocycles.